The van der Waals surface area contributed by atoms with Gasteiger partial charge < -0.3 is 9.64 Å². The van der Waals surface area contributed by atoms with Crippen molar-refractivity contribution in [3.63, 3.8) is 0 Å². The Labute approximate surface area is 178 Å². The Kier molecular flexibility index (Phi) is 7.01. The van der Waals surface area contributed by atoms with Gasteiger partial charge in [-0.15, -0.1) is 11.3 Å². The highest BCUT2D eigenvalue weighted by molar-refractivity contribution is 7.89. The first kappa shape index (κ1) is 21.5. The fourth-order valence-corrected chi connectivity index (χ4v) is 5.62. The molecule has 1 aliphatic rings. The molecule has 3 rings (SSSR count). The average Bonchev–Trinajstić information content (AvgIpc) is 3.11. The first-order valence-electron chi connectivity index (χ1n) is 8.74. The van der Waals surface area contributed by atoms with Gasteiger partial charge in [-0.25, -0.2) is 8.42 Å². The molecule has 1 fully saturated rings. The number of carbonyl (C=O) groups excluding carboxylic acids is 1. The van der Waals surface area contributed by atoms with Crippen LogP contribution in [0.15, 0.2) is 35.2 Å². The Morgan fingerprint density at radius 3 is 2.54 bits per heavy atom. The van der Waals surface area contributed by atoms with Gasteiger partial charge in [0, 0.05) is 24.5 Å². The van der Waals surface area contributed by atoms with Crippen LogP contribution in [-0.4, -0.2) is 56.4 Å². The number of nitrogens with zero attached hydrogens (tertiary/aromatic N) is 2. The van der Waals surface area contributed by atoms with Gasteiger partial charge in [0.15, 0.2) is 0 Å². The fraction of sp³-hybridized carbons (Fsp3) is 0.389. The van der Waals surface area contributed by atoms with Crippen LogP contribution >= 0.6 is 34.5 Å². The predicted octanol–water partition coefficient (Wildman–Crippen LogP) is 3.74. The molecule has 2 aromatic rings. The minimum atomic E-state index is -3.71. The van der Waals surface area contributed by atoms with E-state index < -0.39 is 10.0 Å². The van der Waals surface area contributed by atoms with Gasteiger partial charge in [-0.3, -0.25) is 4.79 Å². The van der Waals surface area contributed by atoms with Gasteiger partial charge in [0.1, 0.15) is 0 Å². The van der Waals surface area contributed by atoms with Crippen LogP contribution < -0.4 is 0 Å². The zero-order valence-corrected chi connectivity index (χ0v) is 18.4. The summed E-state index contributed by atoms with van der Waals surface area (Å²) in [5.41, 5.74) is 0.167. The third kappa shape index (κ3) is 4.69. The Morgan fingerprint density at radius 2 is 1.93 bits per heavy atom. The van der Waals surface area contributed by atoms with E-state index in [0.717, 1.165) is 4.88 Å². The molecule has 1 aliphatic heterocycles. The van der Waals surface area contributed by atoms with Crippen LogP contribution in [0.5, 0.6) is 0 Å². The minimum Gasteiger partial charge on any atom is -0.379 e. The van der Waals surface area contributed by atoms with Gasteiger partial charge in [-0.1, -0.05) is 23.2 Å². The van der Waals surface area contributed by atoms with E-state index in [-0.39, 0.29) is 34.5 Å². The number of halogens is 2. The molecular weight excluding hydrogens is 443 g/mol. The fourth-order valence-electron chi connectivity index (χ4n) is 2.89. The number of hydrogen-bond donors (Lipinski definition) is 0. The summed E-state index contributed by atoms with van der Waals surface area (Å²) in [6.45, 7) is 3.96. The third-order valence-electron chi connectivity index (χ3n) is 4.42. The van der Waals surface area contributed by atoms with Crippen LogP contribution in [0, 0.1) is 0 Å². The highest BCUT2D eigenvalue weighted by Crippen LogP contribution is 2.27. The SMILES string of the molecule is CCN(Cc1ccc(Cl)s1)C(=O)c1cc(S(=O)(=O)N2CCOCC2)ccc1Cl. The van der Waals surface area contributed by atoms with E-state index in [1.165, 1.54) is 33.8 Å². The van der Waals surface area contributed by atoms with Crippen molar-refractivity contribution in [2.24, 2.45) is 0 Å². The maximum absolute atomic E-state index is 13.0. The second kappa shape index (κ2) is 9.11. The Bertz CT molecular complexity index is 956. The van der Waals surface area contributed by atoms with Gasteiger partial charge in [0.25, 0.3) is 5.91 Å². The quantitative estimate of drug-likeness (QED) is 0.655. The maximum atomic E-state index is 13.0. The summed E-state index contributed by atoms with van der Waals surface area (Å²) >= 11 is 13.6. The van der Waals surface area contributed by atoms with E-state index in [4.69, 9.17) is 27.9 Å². The number of hydrogen-bond acceptors (Lipinski definition) is 5. The standard InChI is InChI=1S/C18H20Cl2N2O4S2/c1-2-21(12-13-3-6-17(20)27-13)18(23)15-11-14(4-5-16(15)19)28(24,25)22-7-9-26-10-8-22/h3-6,11H,2,7-10,12H2,1H3. The summed E-state index contributed by atoms with van der Waals surface area (Å²) in [5.74, 6) is -0.323. The number of thiophene rings is 1. The molecule has 1 saturated heterocycles. The van der Waals surface area contributed by atoms with Gasteiger partial charge in [-0.05, 0) is 37.3 Å². The zero-order chi connectivity index (χ0) is 20.3. The van der Waals surface area contributed by atoms with E-state index in [2.05, 4.69) is 0 Å². The second-order valence-corrected chi connectivity index (χ2v) is 10.3. The van der Waals surface area contributed by atoms with E-state index in [1.807, 2.05) is 13.0 Å². The van der Waals surface area contributed by atoms with E-state index >= 15 is 0 Å². The molecule has 10 heteroatoms. The van der Waals surface area contributed by atoms with Crippen LogP contribution in [0.2, 0.25) is 9.36 Å². The Balaban J connectivity index is 1.88. The minimum absolute atomic E-state index is 0.0531. The summed E-state index contributed by atoms with van der Waals surface area (Å²) in [7, 11) is -3.71. The highest BCUT2D eigenvalue weighted by Gasteiger charge is 2.28. The molecule has 0 aliphatic carbocycles. The second-order valence-electron chi connectivity index (χ2n) is 6.18. The molecule has 0 N–H and O–H groups in total. The molecule has 28 heavy (non-hydrogen) atoms. The molecule has 1 aromatic heterocycles. The first-order valence-corrected chi connectivity index (χ1v) is 11.7. The van der Waals surface area contributed by atoms with Crippen molar-refractivity contribution >= 4 is 50.5 Å². The zero-order valence-electron chi connectivity index (χ0n) is 15.2. The summed E-state index contributed by atoms with van der Waals surface area (Å²) in [6, 6.07) is 7.89. The van der Waals surface area contributed by atoms with Crippen LogP contribution in [-0.2, 0) is 21.3 Å². The normalized spacial score (nSPS) is 15.5. The monoisotopic (exact) mass is 462 g/mol. The molecule has 6 nitrogen and oxygen atoms in total. The maximum Gasteiger partial charge on any atom is 0.255 e. The molecule has 0 spiro atoms. The lowest BCUT2D eigenvalue weighted by Gasteiger charge is -2.26. The largest absolute Gasteiger partial charge is 0.379 e. The molecule has 1 aromatic carbocycles. The Hall–Kier alpha value is -1.16. The van der Waals surface area contributed by atoms with Crippen molar-refractivity contribution in [3.8, 4) is 0 Å². The van der Waals surface area contributed by atoms with E-state index in [1.54, 1.807) is 11.0 Å². The van der Waals surface area contributed by atoms with Crippen LogP contribution in [0.1, 0.15) is 22.2 Å². The van der Waals surface area contributed by atoms with Gasteiger partial charge >= 0.3 is 0 Å². The molecule has 152 valence electrons. The molecule has 0 atom stereocenters. The van der Waals surface area contributed by atoms with Gasteiger partial charge in [0.05, 0.1) is 39.6 Å². The molecule has 0 bridgehead atoms. The van der Waals surface area contributed by atoms with Crippen molar-refractivity contribution in [1.82, 2.24) is 9.21 Å². The lowest BCUT2D eigenvalue weighted by atomic mass is 10.2. The average molecular weight is 463 g/mol. The van der Waals surface area contributed by atoms with Gasteiger partial charge in [-0.2, -0.15) is 4.31 Å². The molecular formula is C18H20Cl2N2O4S2. The Morgan fingerprint density at radius 1 is 1.21 bits per heavy atom. The van der Waals surface area contributed by atoms with E-state index in [9.17, 15) is 13.2 Å². The molecule has 2 heterocycles. The number of morpholine rings is 1. The van der Waals surface area contributed by atoms with Gasteiger partial charge in [0.2, 0.25) is 10.0 Å². The topological polar surface area (TPSA) is 66.9 Å². The summed E-state index contributed by atoms with van der Waals surface area (Å²) < 4.78 is 33.0. The van der Waals surface area contributed by atoms with Crippen LogP contribution in [0.25, 0.3) is 0 Å². The number of rotatable bonds is 6. The number of carbonyl (C=O) groups is 1. The van der Waals surface area contributed by atoms with E-state index in [0.29, 0.717) is 30.6 Å². The lowest BCUT2D eigenvalue weighted by molar-refractivity contribution is 0.0729. The first-order chi connectivity index (χ1) is 13.3. The van der Waals surface area contributed by atoms with Crippen LogP contribution in [0.4, 0.5) is 0 Å². The van der Waals surface area contributed by atoms with Crippen molar-refractivity contribution in [2.75, 3.05) is 32.8 Å². The lowest BCUT2D eigenvalue weighted by Crippen LogP contribution is -2.40. The van der Waals surface area contributed by atoms with Crippen molar-refractivity contribution in [3.05, 3.63) is 50.1 Å². The van der Waals surface area contributed by atoms with Crippen LogP contribution in [0.3, 0.4) is 0 Å². The summed E-state index contributed by atoms with van der Waals surface area (Å²) in [6.07, 6.45) is 0. The van der Waals surface area contributed by atoms with Crippen molar-refractivity contribution in [1.29, 1.82) is 0 Å². The summed E-state index contributed by atoms with van der Waals surface area (Å²) in [4.78, 5) is 15.6. The molecule has 1 amide bonds. The number of ether oxygens (including phenoxy) is 1. The molecule has 0 radical (unpaired) electrons. The predicted molar refractivity (Wildman–Crippen MR) is 111 cm³/mol. The number of sulfonamides is 1. The molecule has 0 unspecified atom stereocenters. The molecule has 0 saturated carbocycles. The van der Waals surface area contributed by atoms with Crippen molar-refractivity contribution < 1.29 is 17.9 Å². The van der Waals surface area contributed by atoms with Crippen molar-refractivity contribution in [2.45, 2.75) is 18.4 Å². The highest BCUT2D eigenvalue weighted by atomic mass is 35.5. The third-order valence-corrected chi connectivity index (χ3v) is 7.86. The number of amides is 1. The smallest absolute Gasteiger partial charge is 0.255 e. The number of benzene rings is 1. The summed E-state index contributed by atoms with van der Waals surface area (Å²) in [5, 5.41) is 0.216.